The van der Waals surface area contributed by atoms with Gasteiger partial charge >= 0.3 is 5.69 Å². The van der Waals surface area contributed by atoms with E-state index in [1.165, 1.54) is 27.7 Å². The smallest absolute Gasteiger partial charge is 0.353 e. The molecule has 1 aromatic carbocycles. The minimum atomic E-state index is -0.551. The van der Waals surface area contributed by atoms with E-state index in [2.05, 4.69) is 20.6 Å². The molecule has 0 aliphatic heterocycles. The molecule has 134 valence electrons. The molecule has 0 amide bonds. The molecule has 10 nitrogen and oxygen atoms in total. The van der Waals surface area contributed by atoms with Crippen LogP contribution in [0, 0.1) is 10.1 Å². The molecule has 2 rings (SSSR count). The Morgan fingerprint density at radius 2 is 1.92 bits per heavy atom. The van der Waals surface area contributed by atoms with Crippen molar-refractivity contribution < 1.29 is 19.1 Å². The molecule has 0 spiro atoms. The zero-order valence-corrected chi connectivity index (χ0v) is 14.1. The van der Waals surface area contributed by atoms with Crippen molar-refractivity contribution in [3.63, 3.8) is 0 Å². The number of aromatic nitrogens is 2. The molecule has 0 fully saturated rings. The van der Waals surface area contributed by atoms with Gasteiger partial charge in [0, 0.05) is 19.7 Å². The van der Waals surface area contributed by atoms with Crippen LogP contribution in [0.2, 0.25) is 0 Å². The lowest BCUT2D eigenvalue weighted by atomic mass is 10.2. The van der Waals surface area contributed by atoms with Gasteiger partial charge in [0.2, 0.25) is 11.6 Å². The van der Waals surface area contributed by atoms with Crippen LogP contribution in [0.25, 0.3) is 0 Å². The van der Waals surface area contributed by atoms with Gasteiger partial charge in [0.15, 0.2) is 0 Å². The molecule has 0 saturated carbocycles. The van der Waals surface area contributed by atoms with E-state index in [1.54, 1.807) is 18.2 Å². The van der Waals surface area contributed by atoms with Crippen LogP contribution < -0.4 is 20.1 Å². The third-order valence-electron chi connectivity index (χ3n) is 3.26. The van der Waals surface area contributed by atoms with Crippen LogP contribution in [0.1, 0.15) is 0 Å². The Morgan fingerprint density at radius 1 is 1.16 bits per heavy atom. The van der Waals surface area contributed by atoms with Crippen molar-refractivity contribution >= 4 is 23.0 Å². The second-order valence-electron chi connectivity index (χ2n) is 4.79. The maximum atomic E-state index is 11.5. The van der Waals surface area contributed by atoms with E-state index in [1.807, 2.05) is 0 Å². The van der Waals surface area contributed by atoms with Crippen molar-refractivity contribution in [2.45, 2.75) is 0 Å². The summed E-state index contributed by atoms with van der Waals surface area (Å²) in [5, 5.41) is 17.3. The standard InChI is InChI=1S/C15H19N5O5/c1-23-7-6-16-14-13(20(21)22)15(18-9-17-14)19-11-8-10(24-2)4-5-12(11)25-3/h4-5,8-9H,6-7H2,1-3H3,(H2,16,17,18,19). The monoisotopic (exact) mass is 349 g/mol. The van der Waals surface area contributed by atoms with E-state index >= 15 is 0 Å². The Morgan fingerprint density at radius 3 is 2.56 bits per heavy atom. The molecule has 0 saturated heterocycles. The van der Waals surface area contributed by atoms with Gasteiger partial charge in [-0.3, -0.25) is 10.1 Å². The molecule has 2 N–H and O–H groups in total. The van der Waals surface area contributed by atoms with Gasteiger partial charge < -0.3 is 24.8 Å². The number of hydrogen-bond donors (Lipinski definition) is 2. The van der Waals surface area contributed by atoms with Crippen LogP contribution in [0.4, 0.5) is 23.0 Å². The molecule has 25 heavy (non-hydrogen) atoms. The second kappa shape index (κ2) is 8.64. The molecule has 0 bridgehead atoms. The summed E-state index contributed by atoms with van der Waals surface area (Å²) in [7, 11) is 4.56. The summed E-state index contributed by atoms with van der Waals surface area (Å²) in [4.78, 5) is 18.9. The Hall–Kier alpha value is -3.14. The van der Waals surface area contributed by atoms with E-state index in [9.17, 15) is 10.1 Å². The summed E-state index contributed by atoms with van der Waals surface area (Å²) in [6.07, 6.45) is 1.23. The average Bonchev–Trinajstić information content (AvgIpc) is 2.61. The van der Waals surface area contributed by atoms with Gasteiger partial charge in [-0.2, -0.15) is 0 Å². The molecule has 0 aliphatic rings. The lowest BCUT2D eigenvalue weighted by Crippen LogP contribution is -2.12. The van der Waals surface area contributed by atoms with E-state index in [0.29, 0.717) is 30.3 Å². The molecule has 0 unspecified atom stereocenters. The number of rotatable bonds is 9. The average molecular weight is 349 g/mol. The Kier molecular flexibility index (Phi) is 6.29. The summed E-state index contributed by atoms with van der Waals surface area (Å²) < 4.78 is 15.4. The first-order chi connectivity index (χ1) is 12.1. The third-order valence-corrected chi connectivity index (χ3v) is 3.26. The predicted octanol–water partition coefficient (Wildman–Crippen LogP) is 2.20. The van der Waals surface area contributed by atoms with Crippen LogP contribution >= 0.6 is 0 Å². The van der Waals surface area contributed by atoms with E-state index in [0.717, 1.165) is 0 Å². The first-order valence-electron chi connectivity index (χ1n) is 7.32. The van der Waals surface area contributed by atoms with Gasteiger partial charge in [0.25, 0.3) is 0 Å². The van der Waals surface area contributed by atoms with E-state index in [-0.39, 0.29) is 17.3 Å². The molecule has 2 aromatic rings. The van der Waals surface area contributed by atoms with Gasteiger partial charge in [-0.25, -0.2) is 9.97 Å². The molecule has 1 aromatic heterocycles. The van der Waals surface area contributed by atoms with Gasteiger partial charge in [-0.05, 0) is 12.1 Å². The SMILES string of the molecule is COCCNc1ncnc(Nc2cc(OC)ccc2OC)c1[N+](=O)[O-]. The summed E-state index contributed by atoms with van der Waals surface area (Å²) in [6, 6.07) is 5.06. The highest BCUT2D eigenvalue weighted by Gasteiger charge is 2.23. The van der Waals surface area contributed by atoms with Crippen molar-refractivity contribution in [1.82, 2.24) is 9.97 Å². The fourth-order valence-electron chi connectivity index (χ4n) is 2.08. The van der Waals surface area contributed by atoms with E-state index in [4.69, 9.17) is 14.2 Å². The minimum Gasteiger partial charge on any atom is -0.497 e. The lowest BCUT2D eigenvalue weighted by molar-refractivity contribution is -0.383. The lowest BCUT2D eigenvalue weighted by Gasteiger charge is -2.13. The van der Waals surface area contributed by atoms with Crippen LogP contribution in [0.5, 0.6) is 11.5 Å². The van der Waals surface area contributed by atoms with Crippen LogP contribution in [-0.2, 0) is 4.74 Å². The Balaban J connectivity index is 2.39. The molecule has 10 heteroatoms. The zero-order chi connectivity index (χ0) is 18.2. The largest absolute Gasteiger partial charge is 0.497 e. The number of nitro groups is 1. The van der Waals surface area contributed by atoms with Crippen molar-refractivity contribution in [3.8, 4) is 11.5 Å². The number of nitrogens with zero attached hydrogens (tertiary/aromatic N) is 3. The minimum absolute atomic E-state index is 0.0338. The van der Waals surface area contributed by atoms with Crippen molar-refractivity contribution in [2.75, 3.05) is 45.1 Å². The number of ether oxygens (including phenoxy) is 3. The fourth-order valence-corrected chi connectivity index (χ4v) is 2.08. The number of anilines is 3. The number of methoxy groups -OCH3 is 3. The summed E-state index contributed by atoms with van der Waals surface area (Å²) in [6.45, 7) is 0.754. The molecular formula is C15H19N5O5. The van der Waals surface area contributed by atoms with Gasteiger partial charge in [-0.15, -0.1) is 0 Å². The quantitative estimate of drug-likeness (QED) is 0.398. The van der Waals surface area contributed by atoms with Crippen molar-refractivity contribution in [2.24, 2.45) is 0 Å². The molecule has 0 atom stereocenters. The topological polar surface area (TPSA) is 121 Å². The van der Waals surface area contributed by atoms with Crippen LogP contribution in [0.15, 0.2) is 24.5 Å². The maximum absolute atomic E-state index is 11.5. The third kappa shape index (κ3) is 4.44. The van der Waals surface area contributed by atoms with Crippen molar-refractivity contribution in [1.29, 1.82) is 0 Å². The Bertz CT molecular complexity index is 740. The first-order valence-corrected chi connectivity index (χ1v) is 7.32. The zero-order valence-electron chi connectivity index (χ0n) is 14.1. The predicted molar refractivity (Wildman–Crippen MR) is 91.9 cm³/mol. The summed E-state index contributed by atoms with van der Waals surface area (Å²) in [5.74, 6) is 1.19. The number of benzene rings is 1. The van der Waals surface area contributed by atoms with Gasteiger partial charge in [0.05, 0.1) is 31.4 Å². The molecular weight excluding hydrogens is 330 g/mol. The highest BCUT2D eigenvalue weighted by atomic mass is 16.6. The van der Waals surface area contributed by atoms with Gasteiger partial charge in [-0.1, -0.05) is 0 Å². The van der Waals surface area contributed by atoms with Crippen LogP contribution in [0.3, 0.4) is 0 Å². The first kappa shape index (κ1) is 18.2. The van der Waals surface area contributed by atoms with Gasteiger partial charge in [0.1, 0.15) is 17.8 Å². The number of hydrogen-bond acceptors (Lipinski definition) is 9. The summed E-state index contributed by atoms with van der Waals surface area (Å²) in [5.41, 5.74) is 0.204. The second-order valence-corrected chi connectivity index (χ2v) is 4.79. The fraction of sp³-hybridized carbons (Fsp3) is 0.333. The molecule has 0 aliphatic carbocycles. The Labute approximate surface area is 144 Å². The normalized spacial score (nSPS) is 10.2. The molecule has 0 radical (unpaired) electrons. The maximum Gasteiger partial charge on any atom is 0.353 e. The van der Waals surface area contributed by atoms with Crippen molar-refractivity contribution in [3.05, 3.63) is 34.6 Å². The number of nitrogens with one attached hydrogen (secondary N) is 2. The highest BCUT2D eigenvalue weighted by molar-refractivity contribution is 5.76. The molecule has 1 heterocycles. The highest BCUT2D eigenvalue weighted by Crippen LogP contribution is 2.35. The van der Waals surface area contributed by atoms with Crippen LogP contribution in [-0.4, -0.2) is 49.4 Å². The van der Waals surface area contributed by atoms with E-state index < -0.39 is 4.92 Å². The summed E-state index contributed by atoms with van der Waals surface area (Å²) >= 11 is 0.